The molecule has 0 spiro atoms. The molecule has 1 aromatic rings. The quantitative estimate of drug-likeness (QED) is 0.356. The minimum absolute atomic E-state index is 0.0752. The topological polar surface area (TPSA) is 76.2 Å². The van der Waals surface area contributed by atoms with Gasteiger partial charge in [0.15, 0.2) is 0 Å². The first-order chi connectivity index (χ1) is 13.5. The number of nitrogens with zero attached hydrogens (tertiary/aromatic N) is 2. The molecule has 2 rings (SSSR count). The highest BCUT2D eigenvalue weighted by Crippen LogP contribution is 2.28. The standard InChI is InChI=1S/C20H25ClN2O5/c1-4-5-10-22-18(24)16(19(25)23(20(22)26)11-6-9-21)12-14-7-8-15(27-2)13-17(14)28-3/h7-8,12-13H,4-6,9-11H2,1-3H3. The lowest BCUT2D eigenvalue weighted by atomic mass is 10.0. The molecule has 1 fully saturated rings. The van der Waals surface area contributed by atoms with Crippen molar-refractivity contribution in [2.24, 2.45) is 0 Å². The number of halogens is 1. The third kappa shape index (κ3) is 4.65. The van der Waals surface area contributed by atoms with Gasteiger partial charge in [-0.25, -0.2) is 4.79 Å². The van der Waals surface area contributed by atoms with E-state index in [1.54, 1.807) is 18.2 Å². The smallest absolute Gasteiger partial charge is 0.333 e. The van der Waals surface area contributed by atoms with E-state index in [0.717, 1.165) is 16.2 Å². The van der Waals surface area contributed by atoms with Gasteiger partial charge in [0, 0.05) is 30.6 Å². The van der Waals surface area contributed by atoms with Crippen LogP contribution >= 0.6 is 11.6 Å². The molecular weight excluding hydrogens is 384 g/mol. The number of carbonyl (C=O) groups is 3. The van der Waals surface area contributed by atoms with Gasteiger partial charge in [-0.1, -0.05) is 13.3 Å². The second kappa shape index (κ2) is 10.1. The molecule has 1 aliphatic heterocycles. The number of unbranched alkanes of at least 4 members (excludes halogenated alkanes) is 1. The van der Waals surface area contributed by atoms with Crippen LogP contribution in [0.1, 0.15) is 31.7 Å². The van der Waals surface area contributed by atoms with Crippen LogP contribution in [0, 0.1) is 0 Å². The summed E-state index contributed by atoms with van der Waals surface area (Å²) in [6, 6.07) is 4.47. The molecular formula is C20H25ClN2O5. The Morgan fingerprint density at radius 3 is 2.18 bits per heavy atom. The van der Waals surface area contributed by atoms with Crippen molar-refractivity contribution in [3.63, 3.8) is 0 Å². The van der Waals surface area contributed by atoms with E-state index in [0.29, 0.717) is 35.8 Å². The molecule has 28 heavy (non-hydrogen) atoms. The SMILES string of the molecule is CCCCN1C(=O)C(=Cc2ccc(OC)cc2OC)C(=O)N(CCCCl)C1=O. The molecule has 0 saturated carbocycles. The zero-order chi connectivity index (χ0) is 20.7. The molecule has 4 amide bonds. The molecule has 0 aromatic heterocycles. The van der Waals surface area contributed by atoms with Crippen LogP contribution in [0.2, 0.25) is 0 Å². The van der Waals surface area contributed by atoms with Crippen LogP contribution in [-0.4, -0.2) is 60.8 Å². The van der Waals surface area contributed by atoms with Crippen molar-refractivity contribution >= 4 is 35.5 Å². The molecule has 0 aliphatic carbocycles. The number of hydrogen-bond donors (Lipinski definition) is 0. The normalized spacial score (nSPS) is 16.1. The van der Waals surface area contributed by atoms with Crippen LogP contribution in [0.4, 0.5) is 4.79 Å². The molecule has 1 aromatic carbocycles. The number of ether oxygens (including phenoxy) is 2. The Bertz CT molecular complexity index is 746. The van der Waals surface area contributed by atoms with Crippen LogP contribution in [0.25, 0.3) is 6.08 Å². The van der Waals surface area contributed by atoms with Gasteiger partial charge in [0.1, 0.15) is 17.1 Å². The fourth-order valence-electron chi connectivity index (χ4n) is 2.85. The lowest BCUT2D eigenvalue weighted by Gasteiger charge is -2.34. The van der Waals surface area contributed by atoms with Crippen LogP contribution in [-0.2, 0) is 9.59 Å². The zero-order valence-electron chi connectivity index (χ0n) is 16.4. The predicted octanol–water partition coefficient (Wildman–Crippen LogP) is 3.31. The average Bonchev–Trinajstić information content (AvgIpc) is 2.71. The lowest BCUT2D eigenvalue weighted by Crippen LogP contribution is -2.56. The van der Waals surface area contributed by atoms with Gasteiger partial charge in [0.2, 0.25) is 0 Å². The van der Waals surface area contributed by atoms with E-state index in [2.05, 4.69) is 0 Å². The van der Waals surface area contributed by atoms with Crippen LogP contribution < -0.4 is 9.47 Å². The van der Waals surface area contributed by atoms with Gasteiger partial charge in [0.05, 0.1) is 14.2 Å². The molecule has 0 atom stereocenters. The number of urea groups is 1. The molecule has 1 heterocycles. The van der Waals surface area contributed by atoms with Crippen molar-refractivity contribution < 1.29 is 23.9 Å². The van der Waals surface area contributed by atoms with Crippen LogP contribution in [0.5, 0.6) is 11.5 Å². The minimum Gasteiger partial charge on any atom is -0.497 e. The number of carbonyl (C=O) groups excluding carboxylic acids is 3. The summed E-state index contributed by atoms with van der Waals surface area (Å²) in [5.74, 6) is 0.139. The van der Waals surface area contributed by atoms with Crippen molar-refractivity contribution in [2.45, 2.75) is 26.2 Å². The fraction of sp³-hybridized carbons (Fsp3) is 0.450. The molecule has 0 radical (unpaired) electrons. The first-order valence-electron chi connectivity index (χ1n) is 9.15. The number of hydrogen-bond acceptors (Lipinski definition) is 5. The third-order valence-corrected chi connectivity index (χ3v) is 4.67. The number of methoxy groups -OCH3 is 2. The molecule has 7 nitrogen and oxygen atoms in total. The lowest BCUT2D eigenvalue weighted by molar-refractivity contribution is -0.135. The van der Waals surface area contributed by atoms with E-state index in [-0.39, 0.29) is 18.7 Å². The first kappa shape index (κ1) is 21.8. The van der Waals surface area contributed by atoms with Gasteiger partial charge in [-0.2, -0.15) is 0 Å². The first-order valence-corrected chi connectivity index (χ1v) is 9.69. The maximum atomic E-state index is 12.9. The molecule has 0 bridgehead atoms. The highest BCUT2D eigenvalue weighted by molar-refractivity contribution is 6.31. The number of rotatable bonds is 9. The summed E-state index contributed by atoms with van der Waals surface area (Å²) in [7, 11) is 3.03. The Hall–Kier alpha value is -2.54. The summed E-state index contributed by atoms with van der Waals surface area (Å²) in [6.45, 7) is 2.39. The number of imide groups is 2. The second-order valence-corrected chi connectivity index (χ2v) is 6.64. The number of alkyl halides is 1. The van der Waals surface area contributed by atoms with Crippen molar-refractivity contribution in [1.29, 1.82) is 0 Å². The van der Waals surface area contributed by atoms with Gasteiger partial charge >= 0.3 is 6.03 Å². The van der Waals surface area contributed by atoms with Gasteiger partial charge in [-0.15, -0.1) is 11.6 Å². The third-order valence-electron chi connectivity index (χ3n) is 4.40. The zero-order valence-corrected chi connectivity index (χ0v) is 17.1. The van der Waals surface area contributed by atoms with E-state index < -0.39 is 17.8 Å². The molecule has 0 N–H and O–H groups in total. The Morgan fingerprint density at radius 2 is 1.64 bits per heavy atom. The van der Waals surface area contributed by atoms with Crippen LogP contribution in [0.3, 0.4) is 0 Å². The van der Waals surface area contributed by atoms with Crippen molar-refractivity contribution in [3.05, 3.63) is 29.3 Å². The summed E-state index contributed by atoms with van der Waals surface area (Å²) < 4.78 is 10.5. The maximum Gasteiger partial charge on any atom is 0.333 e. The van der Waals surface area contributed by atoms with Crippen LogP contribution in [0.15, 0.2) is 23.8 Å². The maximum absolute atomic E-state index is 12.9. The molecule has 1 aliphatic rings. The summed E-state index contributed by atoms with van der Waals surface area (Å²) in [6.07, 6.45) is 3.39. The molecule has 0 unspecified atom stereocenters. The Labute approximate surface area is 169 Å². The summed E-state index contributed by atoms with van der Waals surface area (Å²) in [5.41, 5.74) is 0.468. The van der Waals surface area contributed by atoms with Gasteiger partial charge in [-0.3, -0.25) is 19.4 Å². The Kier molecular flexibility index (Phi) is 7.87. The van der Waals surface area contributed by atoms with Gasteiger partial charge in [-0.05, 0) is 31.1 Å². The van der Waals surface area contributed by atoms with E-state index in [1.165, 1.54) is 20.3 Å². The van der Waals surface area contributed by atoms with Gasteiger partial charge < -0.3 is 9.47 Å². The van der Waals surface area contributed by atoms with E-state index >= 15 is 0 Å². The van der Waals surface area contributed by atoms with Crippen molar-refractivity contribution in [1.82, 2.24) is 9.80 Å². The number of barbiturate groups is 1. The number of amides is 4. The van der Waals surface area contributed by atoms with Crippen molar-refractivity contribution in [3.8, 4) is 11.5 Å². The largest absolute Gasteiger partial charge is 0.497 e. The van der Waals surface area contributed by atoms with E-state index in [1.807, 2.05) is 6.92 Å². The van der Waals surface area contributed by atoms with E-state index in [4.69, 9.17) is 21.1 Å². The van der Waals surface area contributed by atoms with Crippen molar-refractivity contribution in [2.75, 3.05) is 33.2 Å². The predicted molar refractivity (Wildman–Crippen MR) is 107 cm³/mol. The Balaban J connectivity index is 2.47. The second-order valence-electron chi connectivity index (χ2n) is 6.26. The summed E-state index contributed by atoms with van der Waals surface area (Å²) in [5, 5.41) is 0. The number of benzene rings is 1. The van der Waals surface area contributed by atoms with E-state index in [9.17, 15) is 14.4 Å². The minimum atomic E-state index is -0.620. The fourth-order valence-corrected chi connectivity index (χ4v) is 2.97. The average molecular weight is 409 g/mol. The highest BCUT2D eigenvalue weighted by Gasteiger charge is 2.41. The molecule has 8 heteroatoms. The van der Waals surface area contributed by atoms with Gasteiger partial charge in [0.25, 0.3) is 11.8 Å². The molecule has 1 saturated heterocycles. The summed E-state index contributed by atoms with van der Waals surface area (Å²) in [4.78, 5) is 40.6. The highest BCUT2D eigenvalue weighted by atomic mass is 35.5. The summed E-state index contributed by atoms with van der Waals surface area (Å²) >= 11 is 5.73. The molecule has 152 valence electrons. The monoisotopic (exact) mass is 408 g/mol. The Morgan fingerprint density at radius 1 is 1.00 bits per heavy atom.